The van der Waals surface area contributed by atoms with Gasteiger partial charge in [-0.25, -0.2) is 4.39 Å². The van der Waals surface area contributed by atoms with E-state index in [0.717, 1.165) is 13.0 Å². The number of benzene rings is 2. The second kappa shape index (κ2) is 7.17. The second-order valence-corrected chi connectivity index (χ2v) is 5.53. The third-order valence-electron chi connectivity index (χ3n) is 3.96. The highest BCUT2D eigenvalue weighted by Crippen LogP contribution is 2.18. The molecule has 0 atom stereocenters. The minimum absolute atomic E-state index is 0.131. The topological polar surface area (TPSA) is 43.3 Å². The number of carbonyl (C=O) groups excluding carboxylic acids is 1. The molecule has 0 fully saturated rings. The number of nitrogens with zero attached hydrogens (tertiary/aromatic N) is 1. The SMILES string of the molecule is COc1ccc(C(=O)NCCCn2ccc3ccccc32)cc1F. The molecule has 1 amide bonds. The highest BCUT2D eigenvalue weighted by molar-refractivity contribution is 5.94. The van der Waals surface area contributed by atoms with E-state index >= 15 is 0 Å². The standard InChI is InChI=1S/C19H19FN2O2/c1-24-18-8-7-15(13-16(18)20)19(23)21-10-4-11-22-12-9-14-5-2-3-6-17(14)22/h2-3,5-9,12-13H,4,10-11H2,1H3,(H,21,23). The van der Waals surface area contributed by atoms with Crippen molar-refractivity contribution in [1.82, 2.24) is 9.88 Å². The molecular formula is C19H19FN2O2. The van der Waals surface area contributed by atoms with Crippen LogP contribution in [0.15, 0.2) is 54.7 Å². The van der Waals surface area contributed by atoms with E-state index in [1.165, 1.54) is 30.1 Å². The van der Waals surface area contributed by atoms with E-state index in [4.69, 9.17) is 4.74 Å². The van der Waals surface area contributed by atoms with Gasteiger partial charge >= 0.3 is 0 Å². The highest BCUT2D eigenvalue weighted by Gasteiger charge is 2.09. The predicted octanol–water partition coefficient (Wildman–Crippen LogP) is 3.61. The van der Waals surface area contributed by atoms with Crippen LogP contribution >= 0.6 is 0 Å². The molecule has 1 aromatic heterocycles. The number of carbonyl (C=O) groups is 1. The van der Waals surface area contributed by atoms with Crippen LogP contribution in [-0.4, -0.2) is 24.1 Å². The first-order valence-corrected chi connectivity index (χ1v) is 7.84. The molecule has 4 nitrogen and oxygen atoms in total. The summed E-state index contributed by atoms with van der Waals surface area (Å²) in [4.78, 5) is 12.0. The van der Waals surface area contributed by atoms with Crippen molar-refractivity contribution in [2.45, 2.75) is 13.0 Å². The summed E-state index contributed by atoms with van der Waals surface area (Å²) in [7, 11) is 1.39. The summed E-state index contributed by atoms with van der Waals surface area (Å²) in [6.07, 6.45) is 2.84. The van der Waals surface area contributed by atoms with Crippen molar-refractivity contribution in [2.75, 3.05) is 13.7 Å². The fourth-order valence-electron chi connectivity index (χ4n) is 2.70. The Morgan fingerprint density at radius 2 is 2.04 bits per heavy atom. The number of aryl methyl sites for hydroxylation is 1. The Hall–Kier alpha value is -2.82. The molecule has 0 aliphatic heterocycles. The largest absolute Gasteiger partial charge is 0.494 e. The molecule has 2 aromatic carbocycles. The van der Waals surface area contributed by atoms with Gasteiger partial charge < -0.3 is 14.6 Å². The van der Waals surface area contributed by atoms with Crippen molar-refractivity contribution in [2.24, 2.45) is 0 Å². The third-order valence-corrected chi connectivity index (χ3v) is 3.96. The van der Waals surface area contributed by atoms with Crippen LogP contribution in [0.25, 0.3) is 10.9 Å². The molecule has 0 aliphatic carbocycles. The van der Waals surface area contributed by atoms with Gasteiger partial charge in [0.25, 0.3) is 5.91 Å². The molecule has 24 heavy (non-hydrogen) atoms. The van der Waals surface area contributed by atoms with Gasteiger partial charge in [-0.05, 0) is 42.1 Å². The van der Waals surface area contributed by atoms with Crippen molar-refractivity contribution in [3.05, 3.63) is 66.1 Å². The summed E-state index contributed by atoms with van der Waals surface area (Å²) in [6.45, 7) is 1.34. The minimum atomic E-state index is -0.538. The van der Waals surface area contributed by atoms with E-state index in [2.05, 4.69) is 28.1 Å². The molecule has 0 unspecified atom stereocenters. The molecule has 0 radical (unpaired) electrons. The molecule has 1 heterocycles. The van der Waals surface area contributed by atoms with Gasteiger partial charge in [0.05, 0.1) is 7.11 Å². The van der Waals surface area contributed by atoms with Gasteiger partial charge in [-0.15, -0.1) is 0 Å². The molecular weight excluding hydrogens is 307 g/mol. The van der Waals surface area contributed by atoms with Crippen LogP contribution in [0.5, 0.6) is 5.75 Å². The van der Waals surface area contributed by atoms with Crippen molar-refractivity contribution < 1.29 is 13.9 Å². The maximum Gasteiger partial charge on any atom is 0.251 e. The molecule has 0 aliphatic rings. The Balaban J connectivity index is 1.53. The van der Waals surface area contributed by atoms with E-state index in [1.807, 2.05) is 18.3 Å². The number of rotatable bonds is 6. The third kappa shape index (κ3) is 3.40. The predicted molar refractivity (Wildman–Crippen MR) is 91.8 cm³/mol. The van der Waals surface area contributed by atoms with Gasteiger partial charge in [-0.3, -0.25) is 4.79 Å². The number of ether oxygens (including phenoxy) is 1. The van der Waals surface area contributed by atoms with E-state index < -0.39 is 5.82 Å². The lowest BCUT2D eigenvalue weighted by molar-refractivity contribution is 0.0952. The highest BCUT2D eigenvalue weighted by atomic mass is 19.1. The summed E-state index contributed by atoms with van der Waals surface area (Å²) < 4.78 is 20.6. The monoisotopic (exact) mass is 326 g/mol. The van der Waals surface area contributed by atoms with Gasteiger partial charge in [0, 0.05) is 30.4 Å². The Morgan fingerprint density at radius 1 is 1.21 bits per heavy atom. The lowest BCUT2D eigenvalue weighted by Crippen LogP contribution is -2.25. The Labute approximate surface area is 139 Å². The average Bonchev–Trinajstić information content (AvgIpc) is 3.01. The van der Waals surface area contributed by atoms with Gasteiger partial charge in [0.15, 0.2) is 11.6 Å². The second-order valence-electron chi connectivity index (χ2n) is 5.53. The molecule has 124 valence electrons. The molecule has 0 spiro atoms. The number of aromatic nitrogens is 1. The molecule has 3 rings (SSSR count). The van der Waals surface area contributed by atoms with Crippen LogP contribution in [0.2, 0.25) is 0 Å². The zero-order chi connectivity index (χ0) is 16.9. The molecule has 5 heteroatoms. The first-order valence-electron chi connectivity index (χ1n) is 7.84. The average molecular weight is 326 g/mol. The first-order chi connectivity index (χ1) is 11.7. The fraction of sp³-hybridized carbons (Fsp3) is 0.211. The summed E-state index contributed by atoms with van der Waals surface area (Å²) >= 11 is 0. The zero-order valence-electron chi connectivity index (χ0n) is 13.5. The summed E-state index contributed by atoms with van der Waals surface area (Å²) in [5.41, 5.74) is 1.47. The lowest BCUT2D eigenvalue weighted by atomic mass is 10.2. The molecule has 0 saturated heterocycles. The van der Waals surface area contributed by atoms with Crippen molar-refractivity contribution in [3.8, 4) is 5.75 Å². The molecule has 3 aromatic rings. The van der Waals surface area contributed by atoms with Crippen molar-refractivity contribution in [3.63, 3.8) is 0 Å². The summed E-state index contributed by atoms with van der Waals surface area (Å²) in [5.74, 6) is -0.691. The fourth-order valence-corrected chi connectivity index (χ4v) is 2.70. The molecule has 0 saturated carbocycles. The molecule has 1 N–H and O–H groups in total. The lowest BCUT2D eigenvalue weighted by Gasteiger charge is -2.08. The van der Waals surface area contributed by atoms with E-state index in [0.29, 0.717) is 12.1 Å². The number of hydrogen-bond acceptors (Lipinski definition) is 2. The Bertz CT molecular complexity index is 857. The van der Waals surface area contributed by atoms with E-state index in [1.54, 1.807) is 6.07 Å². The van der Waals surface area contributed by atoms with Crippen LogP contribution in [0.1, 0.15) is 16.8 Å². The number of fused-ring (bicyclic) bond motifs is 1. The van der Waals surface area contributed by atoms with Crippen molar-refractivity contribution >= 4 is 16.8 Å². The Morgan fingerprint density at radius 3 is 2.83 bits per heavy atom. The normalized spacial score (nSPS) is 10.8. The van der Waals surface area contributed by atoms with Gasteiger partial charge in [0.2, 0.25) is 0 Å². The summed E-state index contributed by atoms with van der Waals surface area (Å²) in [5, 5.41) is 4.02. The minimum Gasteiger partial charge on any atom is -0.494 e. The van der Waals surface area contributed by atoms with Crippen molar-refractivity contribution in [1.29, 1.82) is 0 Å². The maximum atomic E-state index is 13.6. The Kier molecular flexibility index (Phi) is 4.79. The van der Waals surface area contributed by atoms with Crippen LogP contribution in [0, 0.1) is 5.82 Å². The van der Waals surface area contributed by atoms with Crippen LogP contribution < -0.4 is 10.1 Å². The molecule has 0 bridgehead atoms. The van der Waals surface area contributed by atoms with Gasteiger partial charge in [-0.1, -0.05) is 18.2 Å². The first kappa shape index (κ1) is 16.1. The number of para-hydroxylation sites is 1. The summed E-state index contributed by atoms with van der Waals surface area (Å²) in [6, 6.07) is 14.5. The van der Waals surface area contributed by atoms with Crippen LogP contribution in [0.3, 0.4) is 0 Å². The van der Waals surface area contributed by atoms with E-state index in [-0.39, 0.29) is 11.7 Å². The van der Waals surface area contributed by atoms with Gasteiger partial charge in [-0.2, -0.15) is 0 Å². The number of nitrogens with one attached hydrogen (secondary N) is 1. The quantitative estimate of drug-likeness (QED) is 0.703. The maximum absolute atomic E-state index is 13.6. The van der Waals surface area contributed by atoms with Crippen LogP contribution in [0.4, 0.5) is 4.39 Å². The van der Waals surface area contributed by atoms with E-state index in [9.17, 15) is 9.18 Å². The van der Waals surface area contributed by atoms with Gasteiger partial charge in [0.1, 0.15) is 0 Å². The number of amides is 1. The smallest absolute Gasteiger partial charge is 0.251 e. The zero-order valence-corrected chi connectivity index (χ0v) is 13.5. The number of methoxy groups -OCH3 is 1. The number of halogens is 1. The number of hydrogen-bond donors (Lipinski definition) is 1. The van der Waals surface area contributed by atoms with Crippen LogP contribution in [-0.2, 0) is 6.54 Å².